The molecule has 7 heteroatoms. The van der Waals surface area contributed by atoms with Crippen molar-refractivity contribution in [3.05, 3.63) is 29.8 Å². The number of urea groups is 1. The Labute approximate surface area is 121 Å². The number of amides is 3. The van der Waals surface area contributed by atoms with Gasteiger partial charge in [-0.25, -0.2) is 14.5 Å². The number of carbonyl (C=O) groups excluding carboxylic acids is 2. The first kappa shape index (κ1) is 14.8. The maximum atomic E-state index is 12.5. The zero-order valence-electron chi connectivity index (χ0n) is 11.9. The average Bonchev–Trinajstić information content (AvgIpc) is 2.69. The van der Waals surface area contributed by atoms with Crippen LogP contribution < -0.4 is 10.1 Å². The van der Waals surface area contributed by atoms with Gasteiger partial charge >= 0.3 is 12.0 Å². The molecule has 0 aromatic heterocycles. The summed E-state index contributed by atoms with van der Waals surface area (Å²) in [5.74, 6) is -1.21. The van der Waals surface area contributed by atoms with Crippen LogP contribution in [0.1, 0.15) is 19.4 Å². The summed E-state index contributed by atoms with van der Waals surface area (Å²) in [5, 5.41) is 11.5. The van der Waals surface area contributed by atoms with Crippen LogP contribution in [-0.2, 0) is 15.1 Å². The fraction of sp³-hybridized carbons (Fsp3) is 0.357. The lowest BCUT2D eigenvalue weighted by atomic mass is 9.92. The molecule has 0 spiro atoms. The van der Waals surface area contributed by atoms with E-state index in [2.05, 4.69) is 5.32 Å². The Bertz CT molecular complexity index is 598. The summed E-state index contributed by atoms with van der Waals surface area (Å²) in [6.45, 7) is 2.84. The molecule has 1 aliphatic rings. The van der Waals surface area contributed by atoms with E-state index in [1.165, 1.54) is 14.0 Å². The summed E-state index contributed by atoms with van der Waals surface area (Å²) in [4.78, 5) is 36.2. The van der Waals surface area contributed by atoms with Crippen LogP contribution in [-0.4, -0.2) is 41.1 Å². The standard InChI is InChI=1S/C14H16N2O5/c1-8(11(17)18)16-12(19)14(2,15-13(16)20)9-4-6-10(21-3)7-5-9/h4-8H,1-3H3,(H,15,20)(H,17,18). The maximum Gasteiger partial charge on any atom is 0.326 e. The minimum atomic E-state index is -1.28. The molecule has 7 nitrogen and oxygen atoms in total. The molecule has 1 aliphatic heterocycles. The first-order chi connectivity index (χ1) is 9.81. The van der Waals surface area contributed by atoms with Crippen molar-refractivity contribution >= 4 is 17.9 Å². The number of nitrogens with zero attached hydrogens (tertiary/aromatic N) is 1. The van der Waals surface area contributed by atoms with Crippen molar-refractivity contribution in [3.8, 4) is 5.75 Å². The normalized spacial score (nSPS) is 22.9. The predicted octanol–water partition coefficient (Wildman–Crippen LogP) is 0.935. The summed E-state index contributed by atoms with van der Waals surface area (Å²) >= 11 is 0. The molecule has 0 aliphatic carbocycles. The SMILES string of the molecule is COc1ccc(C2(C)NC(=O)N(C(C)C(=O)O)C2=O)cc1. The molecule has 1 fully saturated rings. The molecule has 1 aromatic carbocycles. The van der Waals surface area contributed by atoms with Crippen molar-refractivity contribution in [1.29, 1.82) is 0 Å². The fourth-order valence-corrected chi connectivity index (χ4v) is 2.24. The van der Waals surface area contributed by atoms with Gasteiger partial charge in [-0.15, -0.1) is 0 Å². The number of imide groups is 1. The van der Waals surface area contributed by atoms with Crippen molar-refractivity contribution < 1.29 is 24.2 Å². The Balaban J connectivity index is 2.37. The topological polar surface area (TPSA) is 95.9 Å². The van der Waals surface area contributed by atoms with Gasteiger partial charge < -0.3 is 15.2 Å². The number of benzene rings is 1. The number of methoxy groups -OCH3 is 1. The van der Waals surface area contributed by atoms with Gasteiger partial charge in [0, 0.05) is 0 Å². The van der Waals surface area contributed by atoms with E-state index in [1.54, 1.807) is 31.2 Å². The molecule has 0 bridgehead atoms. The monoisotopic (exact) mass is 292 g/mol. The second-order valence-corrected chi connectivity index (χ2v) is 4.97. The number of carboxylic acids is 1. The van der Waals surface area contributed by atoms with E-state index in [9.17, 15) is 14.4 Å². The van der Waals surface area contributed by atoms with Crippen molar-refractivity contribution in [2.75, 3.05) is 7.11 Å². The van der Waals surface area contributed by atoms with Crippen molar-refractivity contribution in [2.45, 2.75) is 25.4 Å². The quantitative estimate of drug-likeness (QED) is 0.805. The summed E-state index contributed by atoms with van der Waals surface area (Å²) in [6, 6.07) is 4.72. The highest BCUT2D eigenvalue weighted by atomic mass is 16.5. The summed E-state index contributed by atoms with van der Waals surface area (Å²) in [5.41, 5.74) is -0.727. The minimum absolute atomic E-state index is 0.557. The predicted molar refractivity (Wildman–Crippen MR) is 72.8 cm³/mol. The number of hydrogen-bond donors (Lipinski definition) is 2. The lowest BCUT2D eigenvalue weighted by Gasteiger charge is -2.23. The Kier molecular flexibility index (Phi) is 3.59. The fourth-order valence-electron chi connectivity index (χ4n) is 2.24. The van der Waals surface area contributed by atoms with Crippen molar-refractivity contribution in [2.24, 2.45) is 0 Å². The van der Waals surface area contributed by atoms with Gasteiger partial charge in [0.25, 0.3) is 5.91 Å². The van der Waals surface area contributed by atoms with Crippen LogP contribution in [0.3, 0.4) is 0 Å². The lowest BCUT2D eigenvalue weighted by molar-refractivity contribution is -0.147. The van der Waals surface area contributed by atoms with Gasteiger partial charge in [0.05, 0.1) is 7.11 Å². The van der Waals surface area contributed by atoms with E-state index in [4.69, 9.17) is 9.84 Å². The first-order valence-electron chi connectivity index (χ1n) is 6.34. The van der Waals surface area contributed by atoms with Crippen molar-refractivity contribution in [1.82, 2.24) is 10.2 Å². The molecule has 0 radical (unpaired) electrons. The third kappa shape index (κ3) is 2.31. The number of aliphatic carboxylic acids is 1. The summed E-state index contributed by atoms with van der Waals surface area (Å²) in [7, 11) is 1.52. The zero-order valence-corrected chi connectivity index (χ0v) is 11.9. The van der Waals surface area contributed by atoms with E-state index in [-0.39, 0.29) is 0 Å². The molecule has 3 amide bonds. The van der Waals surface area contributed by atoms with E-state index >= 15 is 0 Å². The number of ether oxygens (including phenoxy) is 1. The first-order valence-corrected chi connectivity index (χ1v) is 6.34. The van der Waals surface area contributed by atoms with Gasteiger partial charge in [-0.2, -0.15) is 0 Å². The van der Waals surface area contributed by atoms with E-state index in [1.807, 2.05) is 0 Å². The average molecular weight is 292 g/mol. The molecule has 1 heterocycles. The largest absolute Gasteiger partial charge is 0.497 e. The summed E-state index contributed by atoms with van der Waals surface area (Å²) < 4.78 is 5.04. The third-order valence-electron chi connectivity index (χ3n) is 3.63. The Morgan fingerprint density at radius 2 is 1.90 bits per heavy atom. The Hall–Kier alpha value is -2.57. The van der Waals surface area contributed by atoms with Gasteiger partial charge in [-0.05, 0) is 31.5 Å². The van der Waals surface area contributed by atoms with Gasteiger partial charge in [-0.1, -0.05) is 12.1 Å². The molecule has 1 aromatic rings. The van der Waals surface area contributed by atoms with Crippen LogP contribution in [0.15, 0.2) is 24.3 Å². The molecule has 112 valence electrons. The number of nitrogens with one attached hydrogen (secondary N) is 1. The van der Waals surface area contributed by atoms with Gasteiger partial charge in [0.15, 0.2) is 0 Å². The highest BCUT2D eigenvalue weighted by molar-refractivity contribution is 6.09. The van der Waals surface area contributed by atoms with Crippen molar-refractivity contribution in [3.63, 3.8) is 0 Å². The number of rotatable bonds is 4. The molecular weight excluding hydrogens is 276 g/mol. The molecule has 2 unspecified atom stereocenters. The minimum Gasteiger partial charge on any atom is -0.497 e. The van der Waals surface area contributed by atoms with Crippen LogP contribution >= 0.6 is 0 Å². The Morgan fingerprint density at radius 3 is 2.38 bits per heavy atom. The smallest absolute Gasteiger partial charge is 0.326 e. The maximum absolute atomic E-state index is 12.5. The van der Waals surface area contributed by atoms with Crippen LogP contribution in [0.25, 0.3) is 0 Å². The molecule has 2 N–H and O–H groups in total. The number of hydrogen-bond acceptors (Lipinski definition) is 4. The van der Waals surface area contributed by atoms with E-state index < -0.39 is 29.5 Å². The highest BCUT2D eigenvalue weighted by Crippen LogP contribution is 2.31. The van der Waals surface area contributed by atoms with Crippen LogP contribution in [0.4, 0.5) is 4.79 Å². The van der Waals surface area contributed by atoms with Crippen LogP contribution in [0, 0.1) is 0 Å². The van der Waals surface area contributed by atoms with Gasteiger partial charge in [0.2, 0.25) is 0 Å². The number of carboxylic acid groups (broad SMARTS) is 1. The second kappa shape index (κ2) is 5.08. The third-order valence-corrected chi connectivity index (χ3v) is 3.63. The Morgan fingerprint density at radius 1 is 1.33 bits per heavy atom. The molecule has 0 saturated carbocycles. The number of carbonyl (C=O) groups is 3. The molecular formula is C14H16N2O5. The molecule has 2 atom stereocenters. The van der Waals surface area contributed by atoms with Crippen LogP contribution in [0.5, 0.6) is 5.75 Å². The summed E-state index contributed by atoms with van der Waals surface area (Å²) in [6.07, 6.45) is 0. The van der Waals surface area contributed by atoms with E-state index in [0.717, 1.165) is 4.90 Å². The molecule has 2 rings (SSSR count). The second-order valence-electron chi connectivity index (χ2n) is 4.97. The van der Waals surface area contributed by atoms with Crippen LogP contribution in [0.2, 0.25) is 0 Å². The highest BCUT2D eigenvalue weighted by Gasteiger charge is 2.51. The van der Waals surface area contributed by atoms with Gasteiger partial charge in [0.1, 0.15) is 17.3 Å². The lowest BCUT2D eigenvalue weighted by Crippen LogP contribution is -2.45. The molecule has 1 saturated heterocycles. The molecule has 21 heavy (non-hydrogen) atoms. The zero-order chi connectivity index (χ0) is 15.8. The van der Waals surface area contributed by atoms with Gasteiger partial charge in [-0.3, -0.25) is 4.79 Å². The van der Waals surface area contributed by atoms with E-state index in [0.29, 0.717) is 11.3 Å².